The van der Waals surface area contributed by atoms with Crippen LogP contribution in [0, 0.1) is 0 Å². The predicted molar refractivity (Wildman–Crippen MR) is 111 cm³/mol. The van der Waals surface area contributed by atoms with Crippen molar-refractivity contribution in [3.63, 3.8) is 0 Å². The standard InChI is InChI=1S/C10H13N4O8P.C5H5N5O/c15-6-4(1-21-23(18,19)20)22-10(7(6)16)14-3-13-5-8(14)11-2-12-9(5)17;6-5-9-3-2(4(11)10-5)7-1-8-3/h2-4,6-7,10,15-16H,1H2,(H,11,12,17)(H2,18,19,20);1H,(H4,6,7,8,9,10,11)/t4-,6-,7-,10-;/m1./s1. The molecule has 18 nitrogen and oxygen atoms in total. The first kappa shape index (κ1) is 23.6. The fourth-order valence-corrected chi connectivity index (χ4v) is 3.52. The van der Waals surface area contributed by atoms with Gasteiger partial charge in [-0.25, -0.2) is 19.5 Å². The molecule has 182 valence electrons. The van der Waals surface area contributed by atoms with Gasteiger partial charge in [-0.2, -0.15) is 4.98 Å². The van der Waals surface area contributed by atoms with Gasteiger partial charge in [-0.3, -0.25) is 23.7 Å². The van der Waals surface area contributed by atoms with E-state index < -0.39 is 44.5 Å². The molecule has 0 aliphatic carbocycles. The van der Waals surface area contributed by atoms with Crippen molar-refractivity contribution < 1.29 is 33.8 Å². The van der Waals surface area contributed by atoms with Gasteiger partial charge in [0.05, 0.1) is 25.6 Å². The molecule has 1 fully saturated rings. The Morgan fingerprint density at radius 3 is 2.59 bits per heavy atom. The van der Waals surface area contributed by atoms with E-state index in [1.165, 1.54) is 17.2 Å². The van der Waals surface area contributed by atoms with Crippen LogP contribution in [-0.4, -0.2) is 84.4 Å². The van der Waals surface area contributed by atoms with Crippen molar-refractivity contribution in [2.24, 2.45) is 0 Å². The summed E-state index contributed by atoms with van der Waals surface area (Å²) in [7, 11) is -4.74. The summed E-state index contributed by atoms with van der Waals surface area (Å²) in [6.07, 6.45) is -1.46. The molecular weight excluding hydrogens is 481 g/mol. The number of aromatic nitrogens is 8. The average Bonchev–Trinajstić information content (AvgIpc) is 3.46. The molecule has 0 saturated carbocycles. The van der Waals surface area contributed by atoms with E-state index in [1.54, 1.807) is 0 Å². The summed E-state index contributed by atoms with van der Waals surface area (Å²) in [5.41, 5.74) is 5.31. The number of fused-ring (bicyclic) bond motifs is 2. The maximum absolute atomic E-state index is 11.6. The fraction of sp³-hybridized carbons (Fsp3) is 0.333. The van der Waals surface area contributed by atoms with Crippen molar-refractivity contribution in [1.82, 2.24) is 39.5 Å². The van der Waals surface area contributed by atoms with Gasteiger partial charge in [0.15, 0.2) is 28.6 Å². The number of aliphatic hydroxyl groups is 2. The summed E-state index contributed by atoms with van der Waals surface area (Å²) in [5.74, 6) is 0.0783. The number of rotatable bonds is 4. The minimum absolute atomic E-state index is 0.0210. The van der Waals surface area contributed by atoms with Gasteiger partial charge >= 0.3 is 7.82 Å². The lowest BCUT2D eigenvalue weighted by Crippen LogP contribution is -2.33. The molecule has 4 atom stereocenters. The number of H-pyrrole nitrogens is 3. The molecule has 0 unspecified atom stereocenters. The number of nitrogens with zero attached hydrogens (tertiary/aromatic N) is 5. The number of hydrogen-bond donors (Lipinski definition) is 8. The molecular formula is C15H18N9O9P. The fourth-order valence-electron chi connectivity index (χ4n) is 3.18. The Morgan fingerprint density at radius 2 is 1.85 bits per heavy atom. The number of nitrogen functional groups attached to an aromatic ring is 1. The minimum atomic E-state index is -4.74. The van der Waals surface area contributed by atoms with E-state index in [2.05, 4.69) is 39.4 Å². The van der Waals surface area contributed by atoms with Crippen LogP contribution in [0.3, 0.4) is 0 Å². The van der Waals surface area contributed by atoms with Crippen molar-refractivity contribution >= 4 is 36.1 Å². The Morgan fingerprint density at radius 1 is 1.12 bits per heavy atom. The summed E-state index contributed by atoms with van der Waals surface area (Å²) >= 11 is 0. The first-order valence-corrected chi connectivity index (χ1v) is 10.9. The van der Waals surface area contributed by atoms with Crippen molar-refractivity contribution in [3.05, 3.63) is 39.7 Å². The molecule has 0 spiro atoms. The summed E-state index contributed by atoms with van der Waals surface area (Å²) < 4.78 is 21.6. The largest absolute Gasteiger partial charge is 0.469 e. The van der Waals surface area contributed by atoms with E-state index in [0.29, 0.717) is 11.2 Å². The van der Waals surface area contributed by atoms with Crippen LogP contribution in [0.15, 0.2) is 28.6 Å². The number of phosphoric ester groups is 1. The number of nitrogens with two attached hydrogens (primary N) is 1. The van der Waals surface area contributed by atoms with Gasteiger partial charge in [0.25, 0.3) is 11.1 Å². The normalized spacial score (nSPS) is 22.7. The minimum Gasteiger partial charge on any atom is -0.387 e. The number of imidazole rings is 2. The quantitative estimate of drug-likeness (QED) is 0.131. The predicted octanol–water partition coefficient (Wildman–Crippen LogP) is -2.92. The Bertz CT molecular complexity index is 1470. The number of anilines is 1. The maximum atomic E-state index is 11.6. The van der Waals surface area contributed by atoms with Crippen molar-refractivity contribution in [1.29, 1.82) is 0 Å². The van der Waals surface area contributed by atoms with Crippen LogP contribution in [0.4, 0.5) is 5.95 Å². The molecule has 0 amide bonds. The smallest absolute Gasteiger partial charge is 0.387 e. The molecule has 4 aromatic rings. The van der Waals surface area contributed by atoms with Crippen LogP contribution < -0.4 is 16.9 Å². The highest BCUT2D eigenvalue weighted by molar-refractivity contribution is 7.46. The van der Waals surface area contributed by atoms with Gasteiger partial charge in [-0.05, 0) is 0 Å². The molecule has 1 aliphatic heterocycles. The Balaban J connectivity index is 0.000000207. The first-order chi connectivity index (χ1) is 16.0. The Hall–Kier alpha value is -3.51. The molecule has 4 aromatic heterocycles. The lowest BCUT2D eigenvalue weighted by atomic mass is 10.1. The Labute approximate surface area is 186 Å². The summed E-state index contributed by atoms with van der Waals surface area (Å²) in [6.45, 7) is -0.625. The third-order valence-electron chi connectivity index (χ3n) is 4.70. The number of nitrogens with one attached hydrogen (secondary N) is 3. The number of aromatic amines is 3. The van der Waals surface area contributed by atoms with Crippen LogP contribution in [0.1, 0.15) is 6.23 Å². The zero-order chi connectivity index (χ0) is 24.6. The lowest BCUT2D eigenvalue weighted by molar-refractivity contribution is -0.0504. The molecule has 5 rings (SSSR count). The number of aliphatic hydroxyl groups excluding tert-OH is 2. The lowest BCUT2D eigenvalue weighted by Gasteiger charge is -2.16. The van der Waals surface area contributed by atoms with Gasteiger partial charge in [-0.1, -0.05) is 0 Å². The highest BCUT2D eigenvalue weighted by atomic mass is 31.2. The van der Waals surface area contributed by atoms with Gasteiger partial charge < -0.3 is 40.4 Å². The zero-order valence-electron chi connectivity index (χ0n) is 16.8. The summed E-state index contributed by atoms with van der Waals surface area (Å²) in [4.78, 5) is 62.6. The van der Waals surface area contributed by atoms with Crippen LogP contribution in [0.2, 0.25) is 0 Å². The van der Waals surface area contributed by atoms with Crippen molar-refractivity contribution in [2.75, 3.05) is 12.3 Å². The number of phosphoric acid groups is 1. The molecule has 9 N–H and O–H groups in total. The topological polar surface area (TPSA) is 280 Å². The van der Waals surface area contributed by atoms with Crippen LogP contribution >= 0.6 is 7.82 Å². The maximum Gasteiger partial charge on any atom is 0.469 e. The van der Waals surface area contributed by atoms with E-state index in [4.69, 9.17) is 20.3 Å². The third-order valence-corrected chi connectivity index (χ3v) is 5.18. The van der Waals surface area contributed by atoms with Crippen molar-refractivity contribution in [3.8, 4) is 0 Å². The molecule has 5 heterocycles. The first-order valence-electron chi connectivity index (χ1n) is 9.36. The second kappa shape index (κ2) is 9.03. The molecule has 19 heteroatoms. The average molecular weight is 499 g/mol. The van der Waals surface area contributed by atoms with Crippen LogP contribution in [0.5, 0.6) is 0 Å². The SMILES string of the molecule is Nc1nc2nc[nH]c2c(=O)[nH]1.O=c1[nH]cnc2c1ncn2[C@@H]1O[C@H](COP(=O)(O)O)[C@@H](O)[C@H]1O. The van der Waals surface area contributed by atoms with E-state index in [-0.39, 0.29) is 22.7 Å². The zero-order valence-corrected chi connectivity index (χ0v) is 17.7. The monoisotopic (exact) mass is 499 g/mol. The number of ether oxygens (including phenoxy) is 1. The Kier molecular flexibility index (Phi) is 6.28. The van der Waals surface area contributed by atoms with E-state index in [9.17, 15) is 24.4 Å². The van der Waals surface area contributed by atoms with Gasteiger partial charge in [0, 0.05) is 0 Å². The van der Waals surface area contributed by atoms with Gasteiger partial charge in [-0.15, -0.1) is 0 Å². The van der Waals surface area contributed by atoms with Gasteiger partial charge in [0.1, 0.15) is 18.3 Å². The second-order valence-corrected chi connectivity index (χ2v) is 8.18. The van der Waals surface area contributed by atoms with Gasteiger partial charge in [0.2, 0.25) is 5.95 Å². The van der Waals surface area contributed by atoms with E-state index in [0.717, 1.165) is 6.33 Å². The highest BCUT2D eigenvalue weighted by Gasteiger charge is 2.45. The van der Waals surface area contributed by atoms with Crippen LogP contribution in [0.25, 0.3) is 22.3 Å². The van der Waals surface area contributed by atoms with E-state index >= 15 is 0 Å². The molecule has 0 bridgehead atoms. The molecule has 34 heavy (non-hydrogen) atoms. The molecule has 1 aliphatic rings. The summed E-state index contributed by atoms with van der Waals surface area (Å²) in [5, 5.41) is 20.0. The summed E-state index contributed by atoms with van der Waals surface area (Å²) in [6, 6.07) is 0. The molecule has 0 radical (unpaired) electrons. The van der Waals surface area contributed by atoms with Crippen LogP contribution in [-0.2, 0) is 13.8 Å². The third kappa shape index (κ3) is 4.73. The molecule has 0 aromatic carbocycles. The van der Waals surface area contributed by atoms with E-state index in [1.807, 2.05) is 0 Å². The second-order valence-electron chi connectivity index (χ2n) is 6.94. The number of hydrogen-bond acceptors (Lipinski definition) is 12. The highest BCUT2D eigenvalue weighted by Crippen LogP contribution is 2.38. The van der Waals surface area contributed by atoms with Crippen molar-refractivity contribution in [2.45, 2.75) is 24.5 Å². The molecule has 1 saturated heterocycles.